The average Bonchev–Trinajstić information content (AvgIpc) is 3.04. The summed E-state index contributed by atoms with van der Waals surface area (Å²) in [6.07, 6.45) is 1.15. The number of benzene rings is 3. The number of alkyl carbamates (subject to hydrolysis) is 2. The lowest BCUT2D eigenvalue weighted by atomic mass is 9.97. The zero-order valence-corrected chi connectivity index (χ0v) is 29.2. The zero-order chi connectivity index (χ0) is 34.7. The predicted octanol–water partition coefficient (Wildman–Crippen LogP) is 6.58. The van der Waals surface area contributed by atoms with Crippen molar-refractivity contribution in [2.75, 3.05) is 13.1 Å². The van der Waals surface area contributed by atoms with Gasteiger partial charge in [0.15, 0.2) is 0 Å². The monoisotopic (exact) mass is 657 g/mol. The first-order valence-corrected chi connectivity index (χ1v) is 16.6. The predicted molar refractivity (Wildman–Crippen MR) is 188 cm³/mol. The number of nitrogens with zero attached hydrogens (tertiary/aromatic N) is 1. The number of nitrogens with one attached hydrogen (secondary N) is 4. The van der Waals surface area contributed by atoms with E-state index in [1.165, 1.54) is 16.7 Å². The number of rotatable bonds is 6. The normalized spacial score (nSPS) is 13.9. The van der Waals surface area contributed by atoms with Crippen LogP contribution in [0.4, 0.5) is 9.59 Å². The third-order valence-electron chi connectivity index (χ3n) is 7.62. The summed E-state index contributed by atoms with van der Waals surface area (Å²) in [7, 11) is 0. The van der Waals surface area contributed by atoms with Crippen molar-refractivity contribution in [1.29, 1.82) is 5.41 Å². The summed E-state index contributed by atoms with van der Waals surface area (Å²) < 4.78 is 16.2. The van der Waals surface area contributed by atoms with E-state index in [4.69, 9.17) is 19.6 Å². The van der Waals surface area contributed by atoms with Gasteiger partial charge in [0.1, 0.15) is 17.8 Å². The van der Waals surface area contributed by atoms with Crippen molar-refractivity contribution < 1.29 is 23.8 Å². The first kappa shape index (κ1) is 36.3. The molecule has 3 aromatic rings. The van der Waals surface area contributed by atoms with Crippen molar-refractivity contribution in [2.24, 2.45) is 0 Å². The average molecular weight is 658 g/mol. The Morgan fingerprint density at radius 1 is 0.750 bits per heavy atom. The summed E-state index contributed by atoms with van der Waals surface area (Å²) in [4.78, 5) is 25.4. The Morgan fingerprint density at radius 3 is 1.90 bits per heavy atom. The van der Waals surface area contributed by atoms with Gasteiger partial charge in [0.2, 0.25) is 0 Å². The van der Waals surface area contributed by atoms with Crippen LogP contribution in [0.15, 0.2) is 66.7 Å². The minimum Gasteiger partial charge on any atom is -0.460 e. The maximum absolute atomic E-state index is 11.9. The van der Waals surface area contributed by atoms with E-state index < -0.39 is 17.3 Å². The molecule has 2 heterocycles. The summed E-state index contributed by atoms with van der Waals surface area (Å²) in [5.41, 5.74) is 7.36. The number of hydrogen-bond acceptors (Lipinski definition) is 7. The van der Waals surface area contributed by atoms with E-state index in [0.29, 0.717) is 26.2 Å². The number of hydrogen-bond donors (Lipinski definition) is 4. The Bertz CT molecular complexity index is 1550. The van der Waals surface area contributed by atoms with E-state index >= 15 is 0 Å². The van der Waals surface area contributed by atoms with E-state index in [9.17, 15) is 9.59 Å². The standard InChI is InChI=1S/C23H29N3O3.C15H22N2O2/c1-23(2,3)29-22(27)25-14-18-9-10-19-11-12-26(15-20(19)13-18)21(24)28-16-17-7-5-4-6-8-17;1-15(2,3)19-14(18)17-9-11-4-5-12-6-7-16-10-13(12)8-11/h4-10,13,24H,11-12,14-16H2,1-3H3,(H,25,27);4-5,8,16H,6-7,9-10H2,1-3H3,(H,17,18). The van der Waals surface area contributed by atoms with Crippen molar-refractivity contribution in [3.63, 3.8) is 0 Å². The smallest absolute Gasteiger partial charge is 0.407 e. The molecule has 0 saturated carbocycles. The van der Waals surface area contributed by atoms with Crippen molar-refractivity contribution in [1.82, 2.24) is 20.9 Å². The first-order chi connectivity index (χ1) is 22.7. The van der Waals surface area contributed by atoms with Gasteiger partial charge in [-0.1, -0.05) is 66.7 Å². The van der Waals surface area contributed by atoms with Crippen LogP contribution in [0.3, 0.4) is 0 Å². The molecule has 10 heteroatoms. The molecule has 10 nitrogen and oxygen atoms in total. The van der Waals surface area contributed by atoms with Crippen molar-refractivity contribution in [3.8, 4) is 0 Å². The van der Waals surface area contributed by atoms with Crippen LogP contribution >= 0.6 is 0 Å². The molecule has 5 rings (SSSR count). The molecule has 0 aliphatic carbocycles. The summed E-state index contributed by atoms with van der Waals surface area (Å²) in [6, 6.07) is 22.7. The lowest BCUT2D eigenvalue weighted by Crippen LogP contribution is -2.37. The van der Waals surface area contributed by atoms with E-state index in [0.717, 1.165) is 54.7 Å². The van der Waals surface area contributed by atoms with Gasteiger partial charge < -0.3 is 35.1 Å². The largest absolute Gasteiger partial charge is 0.460 e. The van der Waals surface area contributed by atoms with Gasteiger partial charge in [-0.05, 0) is 99.9 Å². The lowest BCUT2D eigenvalue weighted by molar-refractivity contribution is 0.0512. The minimum absolute atomic E-state index is 0.191. The SMILES string of the molecule is CC(C)(C)OC(=O)NCc1ccc2c(c1)CN(C(=N)OCc1ccccc1)CC2.CC(C)(C)OC(=O)NCc1ccc2c(c1)CNCC2. The first-order valence-electron chi connectivity index (χ1n) is 16.6. The molecule has 0 saturated heterocycles. The Morgan fingerprint density at radius 2 is 1.31 bits per heavy atom. The van der Waals surface area contributed by atoms with Crippen LogP contribution in [0, 0.1) is 5.41 Å². The molecule has 2 aliphatic heterocycles. The van der Waals surface area contributed by atoms with Crippen molar-refractivity contribution >= 4 is 18.2 Å². The molecule has 3 aromatic carbocycles. The highest BCUT2D eigenvalue weighted by molar-refractivity contribution is 5.71. The fraction of sp³-hybridized carbons (Fsp3) is 0.447. The number of ether oxygens (including phenoxy) is 3. The fourth-order valence-electron chi connectivity index (χ4n) is 5.33. The molecule has 0 fully saturated rings. The van der Waals surface area contributed by atoms with Gasteiger partial charge in [0.25, 0.3) is 6.02 Å². The summed E-state index contributed by atoms with van der Waals surface area (Å²) in [6.45, 7) is 15.7. The van der Waals surface area contributed by atoms with Crippen molar-refractivity contribution in [3.05, 3.63) is 106 Å². The van der Waals surface area contributed by atoms with Crippen LogP contribution in [-0.4, -0.2) is 47.4 Å². The van der Waals surface area contributed by atoms with Gasteiger partial charge >= 0.3 is 12.2 Å². The molecule has 258 valence electrons. The molecule has 2 amide bonds. The molecular weight excluding hydrogens is 606 g/mol. The number of carbonyl (C=O) groups excluding carboxylic acids is 2. The highest BCUT2D eigenvalue weighted by atomic mass is 16.6. The second kappa shape index (κ2) is 16.5. The highest BCUT2D eigenvalue weighted by Crippen LogP contribution is 2.22. The van der Waals surface area contributed by atoms with Crippen LogP contribution in [0.1, 0.15) is 80.5 Å². The topological polar surface area (TPSA) is 125 Å². The zero-order valence-electron chi connectivity index (χ0n) is 29.2. The molecule has 0 bridgehead atoms. The number of carbonyl (C=O) groups is 2. The van der Waals surface area contributed by atoms with E-state index in [1.54, 1.807) is 0 Å². The second-order valence-electron chi connectivity index (χ2n) is 14.1. The molecule has 0 radical (unpaired) electrons. The molecule has 2 aliphatic rings. The van der Waals surface area contributed by atoms with Gasteiger partial charge in [-0.25, -0.2) is 9.59 Å². The Labute approximate surface area is 285 Å². The van der Waals surface area contributed by atoms with Crippen LogP contribution in [0.2, 0.25) is 0 Å². The summed E-state index contributed by atoms with van der Waals surface area (Å²) in [5, 5.41) is 17.2. The van der Waals surface area contributed by atoms with E-state index in [1.807, 2.05) is 82.8 Å². The van der Waals surface area contributed by atoms with Gasteiger partial charge in [-0.3, -0.25) is 5.41 Å². The van der Waals surface area contributed by atoms with Crippen LogP contribution in [0.5, 0.6) is 0 Å². The maximum Gasteiger partial charge on any atom is 0.407 e. The molecular formula is C38H51N5O5. The minimum atomic E-state index is -0.513. The second-order valence-corrected chi connectivity index (χ2v) is 14.1. The molecule has 48 heavy (non-hydrogen) atoms. The quantitative estimate of drug-likeness (QED) is 0.174. The molecule has 0 spiro atoms. The van der Waals surface area contributed by atoms with Gasteiger partial charge in [-0.15, -0.1) is 0 Å². The molecule has 4 N–H and O–H groups in total. The summed E-state index contributed by atoms with van der Waals surface area (Å²) >= 11 is 0. The third-order valence-corrected chi connectivity index (χ3v) is 7.62. The molecule has 0 aromatic heterocycles. The number of amidine groups is 1. The van der Waals surface area contributed by atoms with Crippen LogP contribution < -0.4 is 16.0 Å². The Hall–Kier alpha value is -4.57. The third kappa shape index (κ3) is 12.2. The summed E-state index contributed by atoms with van der Waals surface area (Å²) in [5.74, 6) is 0. The van der Waals surface area contributed by atoms with Crippen molar-refractivity contribution in [2.45, 2.75) is 98.4 Å². The Balaban J connectivity index is 0.000000237. The number of fused-ring (bicyclic) bond motifs is 2. The van der Waals surface area contributed by atoms with Gasteiger partial charge in [0, 0.05) is 32.7 Å². The number of amides is 2. The lowest BCUT2D eigenvalue weighted by Gasteiger charge is -2.30. The maximum atomic E-state index is 11.9. The fourth-order valence-corrected chi connectivity index (χ4v) is 5.33. The van der Waals surface area contributed by atoms with Gasteiger partial charge in [0.05, 0.1) is 0 Å². The highest BCUT2D eigenvalue weighted by Gasteiger charge is 2.21. The Kier molecular flexibility index (Phi) is 12.5. The van der Waals surface area contributed by atoms with E-state index in [-0.39, 0.29) is 12.1 Å². The van der Waals surface area contributed by atoms with Crippen LogP contribution in [-0.2, 0) is 59.8 Å². The van der Waals surface area contributed by atoms with Gasteiger partial charge in [-0.2, -0.15) is 0 Å². The molecule has 0 unspecified atom stereocenters. The van der Waals surface area contributed by atoms with E-state index in [2.05, 4.69) is 46.3 Å². The van der Waals surface area contributed by atoms with Crippen LogP contribution in [0.25, 0.3) is 0 Å². The molecule has 0 atom stereocenters.